The zero-order valence-electron chi connectivity index (χ0n) is 52.4. The molecule has 0 aromatic heterocycles. The Morgan fingerprint density at radius 1 is 0.370 bits per heavy atom. The summed E-state index contributed by atoms with van der Waals surface area (Å²) in [4.78, 5) is 62.3. The molecule has 6 N–H and O–H groups in total. The first-order chi connectivity index (χ1) is 44.1. The van der Waals surface area contributed by atoms with Gasteiger partial charge >= 0.3 is 0 Å². The van der Waals surface area contributed by atoms with Crippen LogP contribution in [-0.2, 0) is 4.79 Å². The molecule has 0 heterocycles. The van der Waals surface area contributed by atoms with Crippen LogP contribution in [0.2, 0.25) is 10.0 Å². The molecule has 92 heavy (non-hydrogen) atoms. The van der Waals surface area contributed by atoms with Crippen LogP contribution in [-0.4, -0.2) is 132 Å². The number of carbonyl (C=O) groups is 5. The van der Waals surface area contributed by atoms with Gasteiger partial charge in [-0.2, -0.15) is 0 Å². The Morgan fingerprint density at radius 3 is 1.16 bits per heavy atom. The Balaban J connectivity index is 0.000000223. The van der Waals surface area contributed by atoms with Gasteiger partial charge in [-0.25, -0.2) is 0 Å². The van der Waals surface area contributed by atoms with Crippen molar-refractivity contribution in [3.05, 3.63) is 182 Å². The van der Waals surface area contributed by atoms with Crippen LogP contribution in [0.3, 0.4) is 0 Å². The van der Waals surface area contributed by atoms with Crippen molar-refractivity contribution in [2.45, 2.75) is 0 Å². The first-order valence-electron chi connectivity index (χ1n) is 26.9. The summed E-state index contributed by atoms with van der Waals surface area (Å²) in [5.41, 5.74) is 15.6. The highest BCUT2D eigenvalue weighted by molar-refractivity contribution is 6.36. The summed E-state index contributed by atoms with van der Waals surface area (Å²) in [5.74, 6) is 3.41. The molecule has 22 nitrogen and oxygen atoms in total. The zero-order valence-corrected chi connectivity index (χ0v) is 54.7. The molecular weight excluding hydrogens is 1260 g/mol. The molecule has 0 fully saturated rings. The van der Waals surface area contributed by atoms with Gasteiger partial charge in [0.15, 0.2) is 80.6 Å². The van der Waals surface area contributed by atoms with E-state index in [0.717, 1.165) is 0 Å². The maximum atomic E-state index is 12.9. The van der Waals surface area contributed by atoms with Crippen molar-refractivity contribution in [3.63, 3.8) is 0 Å². The van der Waals surface area contributed by atoms with Crippen LogP contribution in [0.15, 0.2) is 127 Å². The topological polar surface area (TPSA) is 290 Å². The SMILES string of the molecule is COc1cc(N)c(C(=O)c2cc(OC)c(OC)c(OC)c2)cc1OC.COc1ccc(C(=O)c2cc(OC)c(OC)c(OC)c2)cc1N.COc1ccc(C(=O)c2cc(OC)c(OC)c(OC)c2)cc1O.O=C(CCl)Nc1ccc(Cl)cc1C(=O)c1ccccc1Cl. The number of ketones is 4. The number of amides is 1. The number of hydrogen-bond donors (Lipinski definition) is 4. The number of alkyl halides is 1. The second-order valence-corrected chi connectivity index (χ2v) is 19.7. The zero-order chi connectivity index (χ0) is 67.9. The van der Waals surface area contributed by atoms with Gasteiger partial charge in [0.1, 0.15) is 11.6 Å². The van der Waals surface area contributed by atoms with Crippen LogP contribution in [0, 0.1) is 0 Å². The van der Waals surface area contributed by atoms with Crippen molar-refractivity contribution in [2.24, 2.45) is 0 Å². The lowest BCUT2D eigenvalue weighted by Gasteiger charge is -2.15. The number of ether oxygens (including phenoxy) is 13. The molecule has 0 radical (unpaired) electrons. The molecule has 486 valence electrons. The van der Waals surface area contributed by atoms with Gasteiger partial charge in [0.2, 0.25) is 23.2 Å². The number of benzene rings is 8. The van der Waals surface area contributed by atoms with E-state index in [0.29, 0.717) is 130 Å². The fourth-order valence-corrected chi connectivity index (χ4v) is 9.17. The number of methoxy groups -OCH3 is 13. The summed E-state index contributed by atoms with van der Waals surface area (Å²) in [6, 6.07) is 33.2. The second kappa shape index (κ2) is 34.5. The number of phenolic OH excluding ortho intramolecular Hbond substituents is 1. The van der Waals surface area contributed by atoms with Crippen LogP contribution in [0.25, 0.3) is 0 Å². The van der Waals surface area contributed by atoms with Crippen molar-refractivity contribution in [1.29, 1.82) is 0 Å². The number of nitrogens with one attached hydrogen (secondary N) is 1. The molecule has 1 amide bonds. The number of carbonyl (C=O) groups excluding carboxylic acids is 5. The Morgan fingerprint density at radius 2 is 0.772 bits per heavy atom. The molecular formula is C67H68Cl3N3O19. The molecule has 8 aromatic carbocycles. The third-order valence-electron chi connectivity index (χ3n) is 13.3. The first kappa shape index (κ1) is 72.3. The molecule has 0 aliphatic carbocycles. The Labute approximate surface area is 546 Å². The van der Waals surface area contributed by atoms with Crippen LogP contribution >= 0.6 is 34.8 Å². The molecule has 0 saturated heterocycles. The minimum absolute atomic E-state index is 0.106. The summed E-state index contributed by atoms with van der Waals surface area (Å²) in [5, 5.41) is 13.1. The maximum Gasteiger partial charge on any atom is 0.239 e. The largest absolute Gasteiger partial charge is 0.504 e. The highest BCUT2D eigenvalue weighted by atomic mass is 35.5. The van der Waals surface area contributed by atoms with E-state index in [1.807, 2.05) is 0 Å². The van der Waals surface area contributed by atoms with E-state index >= 15 is 0 Å². The number of nitrogen functional groups attached to an aromatic ring is 2. The molecule has 0 spiro atoms. The van der Waals surface area contributed by atoms with Gasteiger partial charge in [-0.05, 0) is 109 Å². The van der Waals surface area contributed by atoms with Crippen molar-refractivity contribution < 1.29 is 90.7 Å². The van der Waals surface area contributed by atoms with Gasteiger partial charge in [-0.15, -0.1) is 11.6 Å². The van der Waals surface area contributed by atoms with E-state index in [1.165, 1.54) is 111 Å². The summed E-state index contributed by atoms with van der Waals surface area (Å²) in [7, 11) is 19.3. The van der Waals surface area contributed by atoms with Gasteiger partial charge in [-0.3, -0.25) is 24.0 Å². The lowest BCUT2D eigenvalue weighted by atomic mass is 10.00. The van der Waals surface area contributed by atoms with Gasteiger partial charge in [0.05, 0.1) is 109 Å². The lowest BCUT2D eigenvalue weighted by molar-refractivity contribution is -0.113. The maximum absolute atomic E-state index is 12.9. The minimum Gasteiger partial charge on any atom is -0.504 e. The third kappa shape index (κ3) is 17.5. The Kier molecular flexibility index (Phi) is 27.1. The number of nitrogens with two attached hydrogens (primary N) is 2. The molecule has 0 aliphatic heterocycles. The average Bonchev–Trinajstić information content (AvgIpc) is 0.974. The molecule has 0 bridgehead atoms. The standard InChI is InChI=1S/C18H21NO6.C17H19NO5.C17H18O6.C15H10Cl3NO2/c1-21-13-8-11(12(19)9-14(13)22-2)17(20)10-6-15(23-3)18(25-5)16(7-10)24-4;2*1-20-13-6-5-10(7-12(13)18)16(19)11-8-14(21-2)17(23-4)15(9-11)22-3;16-8-14(20)19-13-6-5-9(17)7-11(13)15(21)10-3-1-2-4-12(10)18/h6-9H,19H2,1-5H3;5-9H,18H2,1-4H3;5-9,18H,1-4H3;1-7H,8H2,(H,19,20). The second-order valence-electron chi connectivity index (χ2n) is 18.5. The minimum atomic E-state index is -0.410. The van der Waals surface area contributed by atoms with Crippen LogP contribution in [0.5, 0.6) is 80.5 Å². The highest BCUT2D eigenvalue weighted by Gasteiger charge is 2.24. The van der Waals surface area contributed by atoms with E-state index in [1.54, 1.807) is 109 Å². The van der Waals surface area contributed by atoms with Gasteiger partial charge in [0.25, 0.3) is 0 Å². The fourth-order valence-electron chi connectivity index (χ4n) is 8.71. The fraction of sp³-hybridized carbons (Fsp3) is 0.209. The van der Waals surface area contributed by atoms with Crippen molar-refractivity contribution in [3.8, 4) is 80.5 Å². The van der Waals surface area contributed by atoms with Crippen molar-refractivity contribution in [1.82, 2.24) is 0 Å². The molecule has 8 aromatic rings. The van der Waals surface area contributed by atoms with E-state index in [9.17, 15) is 29.1 Å². The number of phenols is 1. The number of rotatable bonds is 23. The van der Waals surface area contributed by atoms with E-state index in [2.05, 4.69) is 5.32 Å². The monoisotopic (exact) mass is 1320 g/mol. The number of aromatic hydroxyl groups is 1. The quantitative estimate of drug-likeness (QED) is 0.0263. The number of halogens is 3. The van der Waals surface area contributed by atoms with Crippen molar-refractivity contribution >= 4 is 80.9 Å². The highest BCUT2D eigenvalue weighted by Crippen LogP contribution is 2.43. The van der Waals surface area contributed by atoms with Gasteiger partial charge in [0, 0.05) is 61.3 Å². The molecule has 25 heteroatoms. The van der Waals surface area contributed by atoms with Crippen LogP contribution < -0.4 is 78.4 Å². The van der Waals surface area contributed by atoms with Crippen LogP contribution in [0.1, 0.15) is 63.7 Å². The Bertz CT molecular complexity index is 3760. The normalized spacial score (nSPS) is 10.1. The van der Waals surface area contributed by atoms with Crippen LogP contribution in [0.4, 0.5) is 17.1 Å². The first-order valence-corrected chi connectivity index (χ1v) is 28.2. The molecule has 0 aliphatic rings. The van der Waals surface area contributed by atoms with E-state index < -0.39 is 5.91 Å². The van der Waals surface area contributed by atoms with Gasteiger partial charge < -0.3 is 83.5 Å². The predicted octanol–water partition coefficient (Wildman–Crippen LogP) is 12.1. The smallest absolute Gasteiger partial charge is 0.239 e. The molecule has 0 saturated carbocycles. The molecule has 0 atom stereocenters. The third-order valence-corrected chi connectivity index (χ3v) is 14.1. The molecule has 0 unspecified atom stereocenters. The summed E-state index contributed by atoms with van der Waals surface area (Å²) in [6.45, 7) is 0. The van der Waals surface area contributed by atoms with Gasteiger partial charge in [-0.1, -0.05) is 35.3 Å². The summed E-state index contributed by atoms with van der Waals surface area (Å²) < 4.78 is 67.8. The summed E-state index contributed by atoms with van der Waals surface area (Å²) >= 11 is 17.4. The van der Waals surface area contributed by atoms with E-state index in [4.69, 9.17) is 108 Å². The number of hydrogen-bond acceptors (Lipinski definition) is 21. The predicted molar refractivity (Wildman–Crippen MR) is 350 cm³/mol. The van der Waals surface area contributed by atoms with E-state index in [-0.39, 0.29) is 51.6 Å². The Hall–Kier alpha value is -10.4. The average molecular weight is 1330 g/mol. The lowest BCUT2D eigenvalue weighted by Crippen LogP contribution is -2.16. The molecule has 8 rings (SSSR count). The number of anilines is 3. The van der Waals surface area contributed by atoms with Crippen molar-refractivity contribution in [2.75, 3.05) is 115 Å². The summed E-state index contributed by atoms with van der Waals surface area (Å²) in [6.07, 6.45) is 0.